The molecule has 34 heavy (non-hydrogen) atoms. The smallest absolute Gasteiger partial charge is 0.353 e. The molecule has 0 amide bonds. The summed E-state index contributed by atoms with van der Waals surface area (Å²) in [6, 6.07) is 20.3. The molecule has 0 saturated heterocycles. The van der Waals surface area contributed by atoms with Crippen LogP contribution < -0.4 is 27.6 Å². The summed E-state index contributed by atoms with van der Waals surface area (Å²) in [5.74, 6) is 6.72. The molecular weight excluding hydrogens is 458 g/mol. The number of hydrogen-bond acceptors (Lipinski definition) is 7. The minimum Gasteiger partial charge on any atom is -0.439 e. The van der Waals surface area contributed by atoms with Crippen LogP contribution in [-0.4, -0.2) is 18.8 Å². The highest BCUT2D eigenvalue weighted by Crippen LogP contribution is 2.22. The molecular formula is C23H18ClN7O3. The lowest BCUT2D eigenvalue weighted by molar-refractivity contribution is 0.462. The Morgan fingerprint density at radius 1 is 1.06 bits per heavy atom. The van der Waals surface area contributed by atoms with Gasteiger partial charge >= 0.3 is 11.4 Å². The van der Waals surface area contributed by atoms with Gasteiger partial charge in [-0.1, -0.05) is 29.8 Å². The molecule has 0 radical (unpaired) electrons. The molecule has 0 fully saturated rings. The van der Waals surface area contributed by atoms with Gasteiger partial charge in [-0.3, -0.25) is 4.57 Å². The molecule has 0 bridgehead atoms. The Hall–Kier alpha value is -4.62. The zero-order valence-corrected chi connectivity index (χ0v) is 18.7. The van der Waals surface area contributed by atoms with Crippen LogP contribution >= 0.6 is 11.6 Å². The number of aromatic nitrogens is 4. The largest absolute Gasteiger partial charge is 0.439 e. The predicted octanol–water partition coefficient (Wildman–Crippen LogP) is 2.06. The SMILES string of the molecule is Cn1c(=O)n(N)c(=Nc2ccc(Oc3cccc(C#N)n3)cc2)n(Cc2ccc(Cl)cc2)c1=O. The van der Waals surface area contributed by atoms with Crippen molar-refractivity contribution in [2.45, 2.75) is 6.54 Å². The summed E-state index contributed by atoms with van der Waals surface area (Å²) in [5, 5.41) is 9.53. The number of nitrogen functional groups attached to an aromatic ring is 1. The van der Waals surface area contributed by atoms with Crippen molar-refractivity contribution in [1.82, 2.24) is 18.8 Å². The fourth-order valence-corrected chi connectivity index (χ4v) is 3.24. The van der Waals surface area contributed by atoms with Gasteiger partial charge in [-0.25, -0.2) is 24.1 Å². The van der Waals surface area contributed by atoms with Gasteiger partial charge in [0.05, 0.1) is 12.2 Å². The van der Waals surface area contributed by atoms with Gasteiger partial charge in [0.25, 0.3) is 0 Å². The highest BCUT2D eigenvalue weighted by molar-refractivity contribution is 6.30. The summed E-state index contributed by atoms with van der Waals surface area (Å²) in [6.07, 6.45) is 0. The fourth-order valence-electron chi connectivity index (χ4n) is 3.11. The molecule has 2 heterocycles. The first kappa shape index (κ1) is 22.6. The van der Waals surface area contributed by atoms with Crippen molar-refractivity contribution < 1.29 is 4.74 Å². The molecule has 2 aromatic carbocycles. The van der Waals surface area contributed by atoms with E-state index in [9.17, 15) is 9.59 Å². The van der Waals surface area contributed by atoms with Crippen molar-refractivity contribution in [3.8, 4) is 17.7 Å². The van der Waals surface area contributed by atoms with Crippen LogP contribution in [0.2, 0.25) is 5.02 Å². The lowest BCUT2D eigenvalue weighted by atomic mass is 10.2. The zero-order valence-electron chi connectivity index (χ0n) is 17.9. The van der Waals surface area contributed by atoms with Crippen LogP contribution in [0.1, 0.15) is 11.3 Å². The highest BCUT2D eigenvalue weighted by atomic mass is 35.5. The van der Waals surface area contributed by atoms with Crippen LogP contribution in [0.4, 0.5) is 5.69 Å². The maximum atomic E-state index is 12.9. The summed E-state index contributed by atoms with van der Waals surface area (Å²) in [5.41, 5.74) is 0.143. The average molecular weight is 476 g/mol. The summed E-state index contributed by atoms with van der Waals surface area (Å²) in [6.45, 7) is 0.127. The maximum absolute atomic E-state index is 12.9. The van der Waals surface area contributed by atoms with Gasteiger partial charge in [-0.15, -0.1) is 0 Å². The molecule has 0 aliphatic rings. The van der Waals surface area contributed by atoms with E-state index < -0.39 is 11.4 Å². The number of nitrogens with two attached hydrogens (primary N) is 1. The van der Waals surface area contributed by atoms with E-state index in [-0.39, 0.29) is 23.7 Å². The minimum absolute atomic E-state index is 0.0277. The number of rotatable bonds is 5. The fraction of sp³-hybridized carbons (Fsp3) is 0.0870. The Morgan fingerprint density at radius 3 is 2.44 bits per heavy atom. The molecule has 0 unspecified atom stereocenters. The molecule has 2 N–H and O–H groups in total. The minimum atomic E-state index is -0.709. The third kappa shape index (κ3) is 4.74. The van der Waals surface area contributed by atoms with Crippen LogP contribution in [0.5, 0.6) is 11.6 Å². The molecule has 10 nitrogen and oxygen atoms in total. The Morgan fingerprint density at radius 2 is 1.76 bits per heavy atom. The monoisotopic (exact) mass is 475 g/mol. The first-order valence-corrected chi connectivity index (χ1v) is 10.4. The maximum Gasteiger partial charge on any atom is 0.353 e. The second-order valence-electron chi connectivity index (χ2n) is 7.19. The summed E-state index contributed by atoms with van der Waals surface area (Å²) >= 11 is 5.95. The highest BCUT2D eigenvalue weighted by Gasteiger charge is 2.11. The van der Waals surface area contributed by atoms with Gasteiger partial charge < -0.3 is 10.6 Å². The van der Waals surface area contributed by atoms with Crippen LogP contribution in [0.15, 0.2) is 81.3 Å². The number of ether oxygens (including phenoxy) is 1. The molecule has 2 aromatic heterocycles. The molecule has 0 atom stereocenters. The zero-order chi connectivity index (χ0) is 24.2. The summed E-state index contributed by atoms with van der Waals surface area (Å²) in [4.78, 5) is 33.8. The van der Waals surface area contributed by atoms with Gasteiger partial charge in [0.2, 0.25) is 11.5 Å². The lowest BCUT2D eigenvalue weighted by Crippen LogP contribution is -2.56. The van der Waals surface area contributed by atoms with Crippen molar-refractivity contribution in [2.24, 2.45) is 12.0 Å². The first-order chi connectivity index (χ1) is 16.4. The average Bonchev–Trinajstić information content (AvgIpc) is 2.86. The molecule has 0 aliphatic carbocycles. The van der Waals surface area contributed by atoms with E-state index in [0.717, 1.165) is 14.8 Å². The molecule has 0 spiro atoms. The Bertz CT molecular complexity index is 1580. The number of pyridine rings is 1. The van der Waals surface area contributed by atoms with Gasteiger partial charge in [0, 0.05) is 18.1 Å². The lowest BCUT2D eigenvalue weighted by Gasteiger charge is -2.12. The van der Waals surface area contributed by atoms with E-state index in [1.807, 2.05) is 6.07 Å². The van der Waals surface area contributed by atoms with Crippen LogP contribution in [0, 0.1) is 11.3 Å². The van der Waals surface area contributed by atoms with Gasteiger partial charge in [-0.05, 0) is 48.0 Å². The van der Waals surface area contributed by atoms with E-state index >= 15 is 0 Å². The van der Waals surface area contributed by atoms with E-state index in [2.05, 4.69) is 9.98 Å². The molecule has 0 aliphatic heterocycles. The van der Waals surface area contributed by atoms with Crippen molar-refractivity contribution in [3.05, 3.63) is 110 Å². The normalized spacial score (nSPS) is 11.3. The van der Waals surface area contributed by atoms with Gasteiger partial charge in [-0.2, -0.15) is 9.94 Å². The van der Waals surface area contributed by atoms with E-state index in [1.165, 1.54) is 11.6 Å². The van der Waals surface area contributed by atoms with Gasteiger partial charge in [0.1, 0.15) is 17.5 Å². The van der Waals surface area contributed by atoms with Gasteiger partial charge in [0.15, 0.2) is 0 Å². The molecule has 0 saturated carbocycles. The van der Waals surface area contributed by atoms with E-state index in [1.54, 1.807) is 66.7 Å². The third-order valence-corrected chi connectivity index (χ3v) is 5.10. The van der Waals surface area contributed by atoms with Crippen molar-refractivity contribution >= 4 is 17.3 Å². The van der Waals surface area contributed by atoms with E-state index in [4.69, 9.17) is 27.4 Å². The molecule has 170 valence electrons. The topological polar surface area (TPSA) is 133 Å². The van der Waals surface area contributed by atoms with Crippen molar-refractivity contribution in [3.63, 3.8) is 0 Å². The standard InChI is InChI=1S/C23H18ClN7O3/c1-29-22(32)30(14-15-5-7-16(24)8-6-15)21(31(26)23(29)33)28-17-9-11-19(12-10-17)34-20-4-2-3-18(13-25)27-20/h2-12H,14,26H2,1H3. The van der Waals surface area contributed by atoms with Crippen LogP contribution in [-0.2, 0) is 13.6 Å². The number of benzene rings is 2. The summed E-state index contributed by atoms with van der Waals surface area (Å²) in [7, 11) is 1.34. The second kappa shape index (κ2) is 9.48. The molecule has 4 rings (SSSR count). The quantitative estimate of drug-likeness (QED) is 0.439. The van der Waals surface area contributed by atoms with Crippen LogP contribution in [0.3, 0.4) is 0 Å². The number of nitrogens with zero attached hydrogens (tertiary/aromatic N) is 6. The summed E-state index contributed by atoms with van der Waals surface area (Å²) < 4.78 is 8.69. The Kier molecular flexibility index (Phi) is 6.29. The second-order valence-corrected chi connectivity index (χ2v) is 7.62. The van der Waals surface area contributed by atoms with E-state index in [0.29, 0.717) is 16.5 Å². The first-order valence-electron chi connectivity index (χ1n) is 9.98. The van der Waals surface area contributed by atoms with Crippen molar-refractivity contribution in [2.75, 3.05) is 5.84 Å². The third-order valence-electron chi connectivity index (χ3n) is 4.85. The van der Waals surface area contributed by atoms with Crippen molar-refractivity contribution in [1.29, 1.82) is 5.26 Å². The number of nitriles is 1. The Balaban J connectivity index is 1.73. The molecule has 11 heteroatoms. The Labute approximate surface area is 198 Å². The van der Waals surface area contributed by atoms with Crippen LogP contribution in [0.25, 0.3) is 0 Å². The molecule has 4 aromatic rings. The number of hydrogen-bond donors (Lipinski definition) is 1. The number of halogens is 1. The predicted molar refractivity (Wildman–Crippen MR) is 125 cm³/mol.